The van der Waals surface area contributed by atoms with Crippen molar-refractivity contribution in [3.8, 4) is 0 Å². The number of halogens is 1. The summed E-state index contributed by atoms with van der Waals surface area (Å²) in [6, 6.07) is 0. The molecule has 118 valence electrons. The molecule has 0 amide bonds. The maximum atomic E-state index is 6.15. The van der Waals surface area contributed by atoms with Crippen molar-refractivity contribution in [2.24, 2.45) is 10.7 Å². The zero-order valence-electron chi connectivity index (χ0n) is 12.5. The fraction of sp³-hybridized carbons (Fsp3) is 0.923. The van der Waals surface area contributed by atoms with E-state index < -0.39 is 0 Å². The third kappa shape index (κ3) is 5.14. The van der Waals surface area contributed by atoms with Gasteiger partial charge in [-0.1, -0.05) is 0 Å². The lowest BCUT2D eigenvalue weighted by Gasteiger charge is -2.38. The van der Waals surface area contributed by atoms with Crippen LogP contribution in [0.2, 0.25) is 0 Å². The first-order valence-corrected chi connectivity index (χ1v) is 9.39. The SMILES string of the molecule is CSC1(CN=C(N)N2CCSCC2)CCN(C)CC1.I. The van der Waals surface area contributed by atoms with E-state index >= 15 is 0 Å². The minimum absolute atomic E-state index is 0. The summed E-state index contributed by atoms with van der Waals surface area (Å²) in [5.74, 6) is 3.11. The molecule has 0 unspecified atom stereocenters. The predicted molar refractivity (Wildman–Crippen MR) is 104 cm³/mol. The molecule has 2 N–H and O–H groups in total. The highest BCUT2D eigenvalue weighted by Gasteiger charge is 2.32. The maximum Gasteiger partial charge on any atom is 0.191 e. The molecule has 2 fully saturated rings. The first kappa shape index (κ1) is 18.7. The van der Waals surface area contributed by atoms with Gasteiger partial charge < -0.3 is 15.5 Å². The molecular formula is C13H27IN4S2. The van der Waals surface area contributed by atoms with Gasteiger partial charge in [0.05, 0.1) is 6.54 Å². The van der Waals surface area contributed by atoms with E-state index in [4.69, 9.17) is 10.7 Å². The van der Waals surface area contributed by atoms with Crippen LogP contribution in [0.4, 0.5) is 0 Å². The lowest BCUT2D eigenvalue weighted by atomic mass is 9.96. The lowest BCUT2D eigenvalue weighted by Crippen LogP contribution is -2.45. The fourth-order valence-corrected chi connectivity index (χ4v) is 4.26. The number of aliphatic imine (C=N–C) groups is 1. The average molecular weight is 430 g/mol. The molecule has 20 heavy (non-hydrogen) atoms. The van der Waals surface area contributed by atoms with E-state index in [2.05, 4.69) is 23.1 Å². The average Bonchev–Trinajstić information content (AvgIpc) is 2.48. The Morgan fingerprint density at radius 2 is 1.85 bits per heavy atom. The second-order valence-corrected chi connectivity index (χ2v) is 7.96. The van der Waals surface area contributed by atoms with Crippen molar-refractivity contribution in [3.05, 3.63) is 0 Å². The Bertz CT molecular complexity index is 313. The topological polar surface area (TPSA) is 44.9 Å². The van der Waals surface area contributed by atoms with Crippen LogP contribution in [0.3, 0.4) is 0 Å². The van der Waals surface area contributed by atoms with Gasteiger partial charge >= 0.3 is 0 Å². The first-order valence-electron chi connectivity index (χ1n) is 7.01. The Kier molecular flexibility index (Phi) is 8.37. The largest absolute Gasteiger partial charge is 0.370 e. The summed E-state index contributed by atoms with van der Waals surface area (Å²) < 4.78 is 0.307. The molecule has 7 heteroatoms. The standard InChI is InChI=1S/C13H26N4S2.HI/c1-16-5-3-13(18-2,4-6-16)11-15-12(14)17-7-9-19-10-8-17;/h3-11H2,1-2H3,(H2,14,15);1H. The second-order valence-electron chi connectivity index (χ2n) is 5.46. The predicted octanol–water partition coefficient (Wildman–Crippen LogP) is 1.80. The van der Waals surface area contributed by atoms with Crippen molar-refractivity contribution in [2.45, 2.75) is 17.6 Å². The van der Waals surface area contributed by atoms with Gasteiger partial charge in [0.25, 0.3) is 0 Å². The number of likely N-dealkylation sites (tertiary alicyclic amines) is 1. The van der Waals surface area contributed by atoms with Crippen molar-refractivity contribution in [3.63, 3.8) is 0 Å². The van der Waals surface area contributed by atoms with Gasteiger partial charge in [-0.2, -0.15) is 23.5 Å². The van der Waals surface area contributed by atoms with Crippen LogP contribution in [0.15, 0.2) is 4.99 Å². The molecule has 0 saturated carbocycles. The Balaban J connectivity index is 0.00000200. The van der Waals surface area contributed by atoms with Crippen LogP contribution >= 0.6 is 47.5 Å². The molecular weight excluding hydrogens is 403 g/mol. The van der Waals surface area contributed by atoms with Crippen LogP contribution in [0, 0.1) is 0 Å². The highest BCUT2D eigenvalue weighted by molar-refractivity contribution is 14.0. The number of guanidine groups is 1. The number of rotatable bonds is 3. The van der Waals surface area contributed by atoms with E-state index in [-0.39, 0.29) is 24.0 Å². The molecule has 2 rings (SSSR count). The normalized spacial score (nSPS) is 24.3. The summed E-state index contributed by atoms with van der Waals surface area (Å²) in [5, 5.41) is 0. The molecule has 2 heterocycles. The van der Waals surface area contributed by atoms with E-state index in [0.717, 1.165) is 25.6 Å². The molecule has 2 aliphatic heterocycles. The highest BCUT2D eigenvalue weighted by Crippen LogP contribution is 2.34. The zero-order chi connectivity index (χ0) is 13.7. The molecule has 0 bridgehead atoms. The molecule has 0 aromatic rings. The van der Waals surface area contributed by atoms with Crippen molar-refractivity contribution >= 4 is 53.5 Å². The van der Waals surface area contributed by atoms with Gasteiger partial charge in [-0.25, -0.2) is 0 Å². The highest BCUT2D eigenvalue weighted by atomic mass is 127. The number of thioether (sulfide) groups is 2. The van der Waals surface area contributed by atoms with Gasteiger partial charge in [0.1, 0.15) is 0 Å². The summed E-state index contributed by atoms with van der Waals surface area (Å²) in [6.07, 6.45) is 4.66. The van der Waals surface area contributed by atoms with Crippen LogP contribution in [-0.2, 0) is 0 Å². The number of piperidine rings is 1. The van der Waals surface area contributed by atoms with E-state index in [1.165, 1.54) is 37.4 Å². The fourth-order valence-electron chi connectivity index (χ4n) is 2.57. The second kappa shape index (κ2) is 8.95. The minimum atomic E-state index is 0. The van der Waals surface area contributed by atoms with Crippen LogP contribution in [0.25, 0.3) is 0 Å². The number of hydrogen-bond donors (Lipinski definition) is 1. The monoisotopic (exact) mass is 430 g/mol. The Morgan fingerprint density at radius 1 is 1.25 bits per heavy atom. The van der Waals surface area contributed by atoms with Gasteiger partial charge in [-0.05, 0) is 39.2 Å². The molecule has 2 aliphatic rings. The van der Waals surface area contributed by atoms with Gasteiger partial charge in [-0.3, -0.25) is 4.99 Å². The Labute approximate surface area is 148 Å². The molecule has 0 atom stereocenters. The number of hydrogen-bond acceptors (Lipinski definition) is 4. The first-order chi connectivity index (χ1) is 9.15. The van der Waals surface area contributed by atoms with Gasteiger partial charge in [0, 0.05) is 29.3 Å². The van der Waals surface area contributed by atoms with Crippen molar-refractivity contribution in [1.29, 1.82) is 0 Å². The van der Waals surface area contributed by atoms with Crippen LogP contribution in [-0.4, -0.2) is 78.0 Å². The zero-order valence-corrected chi connectivity index (χ0v) is 16.5. The van der Waals surface area contributed by atoms with Crippen LogP contribution < -0.4 is 5.73 Å². The third-order valence-corrected chi connectivity index (χ3v) is 6.54. The van der Waals surface area contributed by atoms with E-state index in [0.29, 0.717) is 4.75 Å². The van der Waals surface area contributed by atoms with Gasteiger partial charge in [0.15, 0.2) is 5.96 Å². The lowest BCUT2D eigenvalue weighted by molar-refractivity contribution is 0.242. The Hall–Kier alpha value is 0.660. The maximum absolute atomic E-state index is 6.15. The van der Waals surface area contributed by atoms with E-state index in [1.807, 2.05) is 23.5 Å². The van der Waals surface area contributed by atoms with Crippen molar-refractivity contribution in [1.82, 2.24) is 9.80 Å². The Morgan fingerprint density at radius 3 is 2.40 bits per heavy atom. The molecule has 0 aromatic heterocycles. The molecule has 0 aliphatic carbocycles. The summed E-state index contributed by atoms with van der Waals surface area (Å²) in [4.78, 5) is 9.35. The summed E-state index contributed by atoms with van der Waals surface area (Å²) in [7, 11) is 2.20. The van der Waals surface area contributed by atoms with Gasteiger partial charge in [-0.15, -0.1) is 24.0 Å². The van der Waals surface area contributed by atoms with E-state index in [1.54, 1.807) is 0 Å². The number of nitrogens with two attached hydrogens (primary N) is 1. The van der Waals surface area contributed by atoms with Crippen molar-refractivity contribution < 1.29 is 0 Å². The summed E-state index contributed by atoms with van der Waals surface area (Å²) in [5.41, 5.74) is 6.15. The number of nitrogens with zero attached hydrogens (tertiary/aromatic N) is 3. The van der Waals surface area contributed by atoms with Crippen LogP contribution in [0.1, 0.15) is 12.8 Å². The third-order valence-electron chi connectivity index (χ3n) is 4.20. The molecule has 0 radical (unpaired) electrons. The van der Waals surface area contributed by atoms with Crippen molar-refractivity contribution in [2.75, 3.05) is 57.5 Å². The van der Waals surface area contributed by atoms with E-state index in [9.17, 15) is 0 Å². The molecule has 0 spiro atoms. The smallest absolute Gasteiger partial charge is 0.191 e. The molecule has 0 aromatic carbocycles. The molecule has 4 nitrogen and oxygen atoms in total. The molecule has 2 saturated heterocycles. The quantitative estimate of drug-likeness (QED) is 0.420. The van der Waals surface area contributed by atoms with Gasteiger partial charge in [0.2, 0.25) is 0 Å². The summed E-state index contributed by atoms with van der Waals surface area (Å²) >= 11 is 3.98. The van der Waals surface area contributed by atoms with Crippen LogP contribution in [0.5, 0.6) is 0 Å². The summed E-state index contributed by atoms with van der Waals surface area (Å²) in [6.45, 7) is 5.33. The minimum Gasteiger partial charge on any atom is -0.370 e.